The first-order valence-electron chi connectivity index (χ1n) is 9.69. The molecule has 1 aromatic heterocycles. The quantitative estimate of drug-likeness (QED) is 0.545. The zero-order valence-electron chi connectivity index (χ0n) is 17.0. The minimum Gasteiger partial charge on any atom is -0.503 e. The fourth-order valence-electron chi connectivity index (χ4n) is 3.75. The van der Waals surface area contributed by atoms with Crippen molar-refractivity contribution in [2.24, 2.45) is 0 Å². The summed E-state index contributed by atoms with van der Waals surface area (Å²) in [4.78, 5) is 38.7. The van der Waals surface area contributed by atoms with Crippen molar-refractivity contribution < 1.29 is 33.8 Å². The molecule has 0 saturated heterocycles. The van der Waals surface area contributed by atoms with Gasteiger partial charge in [-0.05, 0) is 35.9 Å². The van der Waals surface area contributed by atoms with Crippen LogP contribution in [0.1, 0.15) is 38.1 Å². The van der Waals surface area contributed by atoms with Crippen LogP contribution in [0, 0.1) is 0 Å². The van der Waals surface area contributed by atoms with E-state index < -0.39 is 29.5 Å². The SMILES string of the molecule is COc1ccccc1C1C(C(=O)c2ccco2)=C(O)C(=O)N1Cc1ccc(C(=O)O)cc1. The van der Waals surface area contributed by atoms with Gasteiger partial charge in [0.25, 0.3) is 5.91 Å². The maximum Gasteiger partial charge on any atom is 0.335 e. The number of ether oxygens (including phenoxy) is 1. The zero-order valence-corrected chi connectivity index (χ0v) is 17.0. The van der Waals surface area contributed by atoms with Gasteiger partial charge in [-0.25, -0.2) is 4.79 Å². The summed E-state index contributed by atoms with van der Waals surface area (Å²) in [6, 6.07) is 15.0. The Morgan fingerprint density at radius 3 is 2.41 bits per heavy atom. The van der Waals surface area contributed by atoms with Gasteiger partial charge in [-0.3, -0.25) is 9.59 Å². The van der Waals surface area contributed by atoms with Crippen molar-refractivity contribution in [2.75, 3.05) is 7.11 Å². The monoisotopic (exact) mass is 433 g/mol. The molecule has 1 aliphatic rings. The number of Topliss-reactive ketones (excluding diaryl/α,β-unsaturated/α-hetero) is 1. The topological polar surface area (TPSA) is 117 Å². The van der Waals surface area contributed by atoms with Crippen LogP contribution >= 0.6 is 0 Å². The number of hydrogen-bond donors (Lipinski definition) is 2. The standard InChI is InChI=1S/C24H19NO7/c1-31-17-6-3-2-5-16(17)20-19(21(26)18-7-4-12-32-18)22(27)23(28)25(20)13-14-8-10-15(11-9-14)24(29)30/h2-12,20,27H,13H2,1H3,(H,29,30). The number of aliphatic hydroxyl groups excluding tert-OH is 1. The second-order valence-electron chi connectivity index (χ2n) is 7.15. The van der Waals surface area contributed by atoms with Gasteiger partial charge in [-0.1, -0.05) is 30.3 Å². The highest BCUT2D eigenvalue weighted by molar-refractivity contribution is 6.15. The van der Waals surface area contributed by atoms with Gasteiger partial charge in [-0.2, -0.15) is 0 Å². The van der Waals surface area contributed by atoms with Crippen LogP contribution in [0.15, 0.2) is 82.7 Å². The zero-order chi connectivity index (χ0) is 22.8. The summed E-state index contributed by atoms with van der Waals surface area (Å²) in [6.07, 6.45) is 1.33. The predicted octanol–water partition coefficient (Wildman–Crippen LogP) is 3.76. The number of aliphatic hydroxyl groups is 1. The number of rotatable bonds is 7. The predicted molar refractivity (Wildman–Crippen MR) is 112 cm³/mol. The van der Waals surface area contributed by atoms with E-state index in [4.69, 9.17) is 14.3 Å². The number of para-hydroxylation sites is 1. The molecule has 2 heterocycles. The molecule has 8 heteroatoms. The number of benzene rings is 2. The Morgan fingerprint density at radius 2 is 1.78 bits per heavy atom. The van der Waals surface area contributed by atoms with Crippen LogP contribution in [0.4, 0.5) is 0 Å². The van der Waals surface area contributed by atoms with E-state index in [-0.39, 0.29) is 23.4 Å². The first kappa shape index (κ1) is 20.9. The first-order chi connectivity index (χ1) is 15.4. The summed E-state index contributed by atoms with van der Waals surface area (Å²) in [5.74, 6) is -2.63. The molecule has 1 aliphatic heterocycles. The third-order valence-corrected chi connectivity index (χ3v) is 5.28. The number of nitrogens with zero attached hydrogens (tertiary/aromatic N) is 1. The Kier molecular flexibility index (Phi) is 5.51. The number of carbonyl (C=O) groups is 3. The molecule has 1 unspecified atom stereocenters. The molecule has 0 saturated carbocycles. The highest BCUT2D eigenvalue weighted by Gasteiger charge is 2.45. The van der Waals surface area contributed by atoms with Gasteiger partial charge in [0.15, 0.2) is 11.5 Å². The molecule has 0 spiro atoms. The lowest BCUT2D eigenvalue weighted by atomic mass is 9.94. The number of carboxylic acid groups (broad SMARTS) is 1. The summed E-state index contributed by atoms with van der Waals surface area (Å²) in [5.41, 5.74) is 1.14. The Morgan fingerprint density at radius 1 is 1.06 bits per heavy atom. The molecule has 0 fully saturated rings. The van der Waals surface area contributed by atoms with Crippen molar-refractivity contribution in [3.8, 4) is 5.75 Å². The van der Waals surface area contributed by atoms with Crippen molar-refractivity contribution in [3.63, 3.8) is 0 Å². The lowest BCUT2D eigenvalue weighted by Gasteiger charge is -2.28. The molecule has 0 aliphatic carbocycles. The highest BCUT2D eigenvalue weighted by atomic mass is 16.5. The van der Waals surface area contributed by atoms with Crippen LogP contribution in [-0.2, 0) is 11.3 Å². The van der Waals surface area contributed by atoms with E-state index in [2.05, 4.69) is 0 Å². The molecule has 3 aromatic rings. The van der Waals surface area contributed by atoms with E-state index in [1.54, 1.807) is 42.5 Å². The number of aromatic carboxylic acids is 1. The molecule has 32 heavy (non-hydrogen) atoms. The summed E-state index contributed by atoms with van der Waals surface area (Å²) < 4.78 is 10.7. The molecule has 1 amide bonds. The van der Waals surface area contributed by atoms with Crippen molar-refractivity contribution in [3.05, 3.63) is 101 Å². The van der Waals surface area contributed by atoms with Gasteiger partial charge in [0.2, 0.25) is 5.78 Å². The number of methoxy groups -OCH3 is 1. The third kappa shape index (κ3) is 3.62. The van der Waals surface area contributed by atoms with Crippen molar-refractivity contribution in [1.82, 2.24) is 4.90 Å². The summed E-state index contributed by atoms with van der Waals surface area (Å²) in [6.45, 7) is 0.0282. The van der Waals surface area contributed by atoms with Crippen LogP contribution in [0.2, 0.25) is 0 Å². The second-order valence-corrected chi connectivity index (χ2v) is 7.15. The van der Waals surface area contributed by atoms with Crippen molar-refractivity contribution in [1.29, 1.82) is 0 Å². The normalized spacial score (nSPS) is 15.8. The average Bonchev–Trinajstić information content (AvgIpc) is 3.42. The van der Waals surface area contributed by atoms with E-state index in [1.807, 2.05) is 0 Å². The largest absolute Gasteiger partial charge is 0.503 e. The Balaban J connectivity index is 1.79. The number of carbonyl (C=O) groups excluding carboxylic acids is 2. The lowest BCUT2D eigenvalue weighted by molar-refractivity contribution is -0.130. The molecule has 2 N–H and O–H groups in total. The Bertz CT molecular complexity index is 1210. The fourth-order valence-corrected chi connectivity index (χ4v) is 3.75. The van der Waals surface area contributed by atoms with E-state index in [1.165, 1.54) is 36.5 Å². The van der Waals surface area contributed by atoms with E-state index in [0.29, 0.717) is 16.9 Å². The van der Waals surface area contributed by atoms with Crippen LogP contribution in [0.5, 0.6) is 5.75 Å². The van der Waals surface area contributed by atoms with E-state index in [0.717, 1.165) is 0 Å². The van der Waals surface area contributed by atoms with Gasteiger partial charge in [-0.15, -0.1) is 0 Å². The molecule has 4 rings (SSSR count). The Hall–Kier alpha value is -4.33. The van der Waals surface area contributed by atoms with Gasteiger partial charge >= 0.3 is 5.97 Å². The number of amides is 1. The highest BCUT2D eigenvalue weighted by Crippen LogP contribution is 2.43. The fraction of sp³-hybridized carbons (Fsp3) is 0.125. The lowest BCUT2D eigenvalue weighted by Crippen LogP contribution is -2.31. The molecule has 0 bridgehead atoms. The van der Waals surface area contributed by atoms with E-state index >= 15 is 0 Å². The van der Waals surface area contributed by atoms with Gasteiger partial charge < -0.3 is 24.3 Å². The van der Waals surface area contributed by atoms with Gasteiger partial charge in [0.1, 0.15) is 5.75 Å². The van der Waals surface area contributed by atoms with Gasteiger partial charge in [0.05, 0.1) is 30.6 Å². The number of ketones is 1. The molecule has 1 atom stereocenters. The third-order valence-electron chi connectivity index (χ3n) is 5.28. The Labute approximate surface area is 183 Å². The molecular weight excluding hydrogens is 414 g/mol. The van der Waals surface area contributed by atoms with Crippen LogP contribution in [0.25, 0.3) is 0 Å². The molecule has 0 radical (unpaired) electrons. The number of hydrogen-bond acceptors (Lipinski definition) is 6. The van der Waals surface area contributed by atoms with Crippen LogP contribution in [-0.4, -0.2) is 39.9 Å². The van der Waals surface area contributed by atoms with Crippen LogP contribution < -0.4 is 4.74 Å². The van der Waals surface area contributed by atoms with Crippen LogP contribution in [0.3, 0.4) is 0 Å². The molecule has 162 valence electrons. The first-order valence-corrected chi connectivity index (χ1v) is 9.69. The smallest absolute Gasteiger partial charge is 0.335 e. The van der Waals surface area contributed by atoms with E-state index in [9.17, 15) is 19.5 Å². The van der Waals surface area contributed by atoms with Crippen molar-refractivity contribution in [2.45, 2.75) is 12.6 Å². The molecular formula is C24H19NO7. The maximum absolute atomic E-state index is 13.2. The number of furan rings is 1. The van der Waals surface area contributed by atoms with Crippen molar-refractivity contribution >= 4 is 17.7 Å². The minimum absolute atomic E-state index is 0.00749. The molecule has 8 nitrogen and oxygen atoms in total. The van der Waals surface area contributed by atoms with Gasteiger partial charge in [0, 0.05) is 12.1 Å². The minimum atomic E-state index is -1.06. The maximum atomic E-state index is 13.2. The second kappa shape index (κ2) is 8.43. The summed E-state index contributed by atoms with van der Waals surface area (Å²) in [7, 11) is 1.47. The summed E-state index contributed by atoms with van der Waals surface area (Å²) in [5, 5.41) is 19.8. The average molecular weight is 433 g/mol. The molecule has 2 aromatic carbocycles. The summed E-state index contributed by atoms with van der Waals surface area (Å²) >= 11 is 0. The number of carboxylic acids is 1.